The number of methoxy groups -OCH3 is 1. The van der Waals surface area contributed by atoms with E-state index < -0.39 is 23.4 Å². The fourth-order valence-corrected chi connectivity index (χ4v) is 5.24. The van der Waals surface area contributed by atoms with Gasteiger partial charge in [-0.1, -0.05) is 18.2 Å². The standard InChI is InChI=1S/C26H28F2O3/c1-3-16-4-5-21-15-20(11-10-19(21)14-16)17-6-8-18(9-7-17)26(29)31-23-13-12-22(30-2)24(27)25(23)28/h3,6-9,12-13,16,19-21H,1,4-5,10-11,14-15H2,2H3. The quantitative estimate of drug-likeness (QED) is 0.304. The van der Waals surface area contributed by atoms with Gasteiger partial charge in [-0.05, 0) is 92.0 Å². The van der Waals surface area contributed by atoms with Gasteiger partial charge in [0.25, 0.3) is 0 Å². The third kappa shape index (κ3) is 4.51. The van der Waals surface area contributed by atoms with Crippen LogP contribution in [0.5, 0.6) is 11.5 Å². The monoisotopic (exact) mass is 426 g/mol. The van der Waals surface area contributed by atoms with Crippen molar-refractivity contribution in [3.63, 3.8) is 0 Å². The predicted molar refractivity (Wildman–Crippen MR) is 115 cm³/mol. The van der Waals surface area contributed by atoms with Crippen molar-refractivity contribution < 1.29 is 23.0 Å². The van der Waals surface area contributed by atoms with Gasteiger partial charge in [0.05, 0.1) is 12.7 Å². The van der Waals surface area contributed by atoms with Crippen molar-refractivity contribution in [3.05, 3.63) is 71.8 Å². The Morgan fingerprint density at radius 3 is 2.29 bits per heavy atom. The van der Waals surface area contributed by atoms with E-state index in [0.29, 0.717) is 17.4 Å². The summed E-state index contributed by atoms with van der Waals surface area (Å²) >= 11 is 0. The Morgan fingerprint density at radius 1 is 0.935 bits per heavy atom. The number of rotatable bonds is 5. The van der Waals surface area contributed by atoms with Crippen LogP contribution in [-0.4, -0.2) is 13.1 Å². The molecule has 0 saturated heterocycles. The molecule has 0 aromatic heterocycles. The SMILES string of the molecule is C=CC1CCC2CC(c3ccc(C(=O)Oc4ccc(OC)c(F)c4F)cc3)CCC2C1. The van der Waals surface area contributed by atoms with Gasteiger partial charge < -0.3 is 9.47 Å². The van der Waals surface area contributed by atoms with Crippen LogP contribution in [0.2, 0.25) is 0 Å². The number of ether oxygens (including phenoxy) is 2. The van der Waals surface area contributed by atoms with E-state index in [9.17, 15) is 13.6 Å². The summed E-state index contributed by atoms with van der Waals surface area (Å²) in [6.45, 7) is 3.97. The molecule has 0 aliphatic heterocycles. The molecule has 0 N–H and O–H groups in total. The molecule has 2 aliphatic rings. The van der Waals surface area contributed by atoms with E-state index in [4.69, 9.17) is 9.47 Å². The molecule has 164 valence electrons. The molecular weight excluding hydrogens is 398 g/mol. The lowest BCUT2D eigenvalue weighted by atomic mass is 9.64. The number of benzene rings is 2. The molecule has 4 unspecified atom stereocenters. The predicted octanol–water partition coefficient (Wildman–Crippen LogP) is 6.68. The lowest BCUT2D eigenvalue weighted by Crippen LogP contribution is -2.29. The Labute approximate surface area is 182 Å². The molecule has 0 spiro atoms. The van der Waals surface area contributed by atoms with Crippen molar-refractivity contribution in [1.29, 1.82) is 0 Å². The second kappa shape index (κ2) is 9.21. The van der Waals surface area contributed by atoms with Gasteiger partial charge in [0.2, 0.25) is 11.6 Å². The summed E-state index contributed by atoms with van der Waals surface area (Å²) in [5.41, 5.74) is 1.53. The highest BCUT2D eigenvalue weighted by Crippen LogP contribution is 2.47. The van der Waals surface area contributed by atoms with Gasteiger partial charge in [0.1, 0.15) is 0 Å². The Bertz CT molecular complexity index is 954. The maximum absolute atomic E-state index is 14.1. The van der Waals surface area contributed by atoms with E-state index in [1.165, 1.54) is 56.9 Å². The second-order valence-electron chi connectivity index (χ2n) is 8.74. The van der Waals surface area contributed by atoms with Gasteiger partial charge in [-0.15, -0.1) is 6.58 Å². The highest BCUT2D eigenvalue weighted by Gasteiger charge is 2.35. The zero-order valence-electron chi connectivity index (χ0n) is 17.8. The third-order valence-electron chi connectivity index (χ3n) is 7.04. The van der Waals surface area contributed by atoms with Crippen LogP contribution in [0.3, 0.4) is 0 Å². The summed E-state index contributed by atoms with van der Waals surface area (Å²) in [6.07, 6.45) is 9.49. The van der Waals surface area contributed by atoms with Crippen LogP contribution in [-0.2, 0) is 0 Å². The number of hydrogen-bond acceptors (Lipinski definition) is 3. The van der Waals surface area contributed by atoms with E-state index in [-0.39, 0.29) is 5.75 Å². The Kier molecular flexibility index (Phi) is 6.40. The van der Waals surface area contributed by atoms with Crippen molar-refractivity contribution in [1.82, 2.24) is 0 Å². The lowest BCUT2D eigenvalue weighted by molar-refractivity contribution is 0.0726. The maximum atomic E-state index is 14.1. The summed E-state index contributed by atoms with van der Waals surface area (Å²) in [5.74, 6) is -1.09. The summed E-state index contributed by atoms with van der Waals surface area (Å²) < 4.78 is 37.7. The van der Waals surface area contributed by atoms with E-state index >= 15 is 0 Å². The fraction of sp³-hybridized carbons (Fsp3) is 0.423. The smallest absolute Gasteiger partial charge is 0.343 e. The van der Waals surface area contributed by atoms with Crippen molar-refractivity contribution in [2.24, 2.45) is 17.8 Å². The molecular formula is C26H28F2O3. The van der Waals surface area contributed by atoms with Gasteiger partial charge in [-0.25, -0.2) is 4.79 Å². The Hall–Kier alpha value is -2.69. The zero-order chi connectivity index (χ0) is 22.0. The van der Waals surface area contributed by atoms with Crippen LogP contribution >= 0.6 is 0 Å². The number of carbonyl (C=O) groups is 1. The van der Waals surface area contributed by atoms with E-state index in [1.54, 1.807) is 12.1 Å². The fourth-order valence-electron chi connectivity index (χ4n) is 5.24. The average Bonchev–Trinajstić information content (AvgIpc) is 2.81. The molecule has 2 saturated carbocycles. The minimum Gasteiger partial charge on any atom is -0.494 e. The van der Waals surface area contributed by atoms with Crippen LogP contribution in [0.4, 0.5) is 8.78 Å². The molecule has 2 aliphatic carbocycles. The Balaban J connectivity index is 1.40. The number of hydrogen-bond donors (Lipinski definition) is 0. The normalized spacial score (nSPS) is 25.4. The molecule has 0 heterocycles. The van der Waals surface area contributed by atoms with Crippen LogP contribution < -0.4 is 9.47 Å². The first kappa shape index (κ1) is 21.5. The van der Waals surface area contributed by atoms with Gasteiger partial charge >= 0.3 is 5.97 Å². The maximum Gasteiger partial charge on any atom is 0.343 e. The van der Waals surface area contributed by atoms with Gasteiger partial charge in [-0.2, -0.15) is 8.78 Å². The van der Waals surface area contributed by atoms with Gasteiger partial charge in [0.15, 0.2) is 11.5 Å². The number of halogens is 2. The minimum atomic E-state index is -1.24. The Morgan fingerprint density at radius 2 is 1.58 bits per heavy atom. The third-order valence-corrected chi connectivity index (χ3v) is 7.04. The van der Waals surface area contributed by atoms with Crippen LogP contribution in [0.1, 0.15) is 60.4 Å². The molecule has 5 heteroatoms. The molecule has 0 radical (unpaired) electrons. The highest BCUT2D eigenvalue weighted by atomic mass is 19.2. The van der Waals surface area contributed by atoms with E-state index in [2.05, 4.69) is 12.7 Å². The molecule has 4 rings (SSSR count). The number of allylic oxidation sites excluding steroid dienone is 1. The number of carbonyl (C=O) groups excluding carboxylic acids is 1. The van der Waals surface area contributed by atoms with E-state index in [0.717, 1.165) is 18.3 Å². The first-order valence-corrected chi connectivity index (χ1v) is 11.0. The minimum absolute atomic E-state index is 0.241. The lowest BCUT2D eigenvalue weighted by Gasteiger charge is -2.41. The first-order valence-electron chi connectivity index (χ1n) is 11.0. The topological polar surface area (TPSA) is 35.5 Å². The second-order valence-corrected chi connectivity index (χ2v) is 8.74. The van der Waals surface area contributed by atoms with Crippen molar-refractivity contribution in [2.45, 2.75) is 44.4 Å². The van der Waals surface area contributed by atoms with Crippen LogP contribution in [0, 0.1) is 29.4 Å². The molecule has 3 nitrogen and oxygen atoms in total. The summed E-state index contributed by atoms with van der Waals surface area (Å²) in [6, 6.07) is 9.74. The summed E-state index contributed by atoms with van der Waals surface area (Å²) in [4.78, 5) is 12.4. The molecule has 2 aromatic rings. The van der Waals surface area contributed by atoms with Crippen LogP contribution in [0.25, 0.3) is 0 Å². The zero-order valence-corrected chi connectivity index (χ0v) is 17.8. The number of esters is 1. The molecule has 31 heavy (non-hydrogen) atoms. The van der Waals surface area contributed by atoms with Crippen molar-refractivity contribution in [2.75, 3.05) is 7.11 Å². The molecule has 0 amide bonds. The van der Waals surface area contributed by atoms with Gasteiger partial charge in [0, 0.05) is 0 Å². The van der Waals surface area contributed by atoms with Crippen molar-refractivity contribution in [3.8, 4) is 11.5 Å². The molecule has 2 fully saturated rings. The first-order chi connectivity index (χ1) is 15.0. The summed E-state index contributed by atoms with van der Waals surface area (Å²) in [7, 11) is 1.24. The van der Waals surface area contributed by atoms with E-state index in [1.807, 2.05) is 12.1 Å². The number of fused-ring (bicyclic) bond motifs is 1. The van der Waals surface area contributed by atoms with Crippen molar-refractivity contribution >= 4 is 5.97 Å². The molecule has 4 atom stereocenters. The van der Waals surface area contributed by atoms with Crippen LogP contribution in [0.15, 0.2) is 49.1 Å². The van der Waals surface area contributed by atoms with Gasteiger partial charge in [-0.3, -0.25) is 0 Å². The summed E-state index contributed by atoms with van der Waals surface area (Å²) in [5, 5.41) is 0. The largest absolute Gasteiger partial charge is 0.494 e. The molecule has 2 aromatic carbocycles. The highest BCUT2D eigenvalue weighted by molar-refractivity contribution is 5.91. The average molecular weight is 427 g/mol. The molecule has 0 bridgehead atoms.